The molecule has 0 atom stereocenters. The van der Waals surface area contributed by atoms with Gasteiger partial charge in [-0.2, -0.15) is 0 Å². The van der Waals surface area contributed by atoms with Crippen molar-refractivity contribution in [2.75, 3.05) is 31.4 Å². The summed E-state index contributed by atoms with van der Waals surface area (Å²) in [5, 5.41) is 8.06. The third-order valence-electron chi connectivity index (χ3n) is 3.58. The van der Waals surface area contributed by atoms with Crippen LogP contribution in [0.4, 0.5) is 0 Å². The summed E-state index contributed by atoms with van der Waals surface area (Å²) in [5.41, 5.74) is 1.00. The van der Waals surface area contributed by atoms with Crippen LogP contribution in [-0.4, -0.2) is 51.2 Å². The van der Waals surface area contributed by atoms with E-state index in [-0.39, 0.29) is 11.7 Å². The van der Waals surface area contributed by atoms with E-state index < -0.39 is 0 Å². The van der Waals surface area contributed by atoms with Gasteiger partial charge in [0.2, 0.25) is 11.1 Å². The van der Waals surface area contributed by atoms with E-state index >= 15 is 0 Å². The quantitative estimate of drug-likeness (QED) is 0.611. The molecule has 0 radical (unpaired) electrons. The number of rotatable bonds is 6. The van der Waals surface area contributed by atoms with E-state index in [0.717, 1.165) is 17.1 Å². The third kappa shape index (κ3) is 3.73. The average Bonchev–Trinajstić information content (AvgIpc) is 3.02. The number of amides is 1. The van der Waals surface area contributed by atoms with Crippen LogP contribution in [0.2, 0.25) is 0 Å². The second-order valence-electron chi connectivity index (χ2n) is 5.20. The maximum atomic E-state index is 12.4. The van der Waals surface area contributed by atoms with Crippen LogP contribution in [0.15, 0.2) is 29.7 Å². The number of nitrogens with two attached hydrogens (primary N) is 1. The standard InChI is InChI=1S/C15H19N5O3S/c1-2-19(14(21)9-24-15-18-17-10-20(15)16)8-11-3-4-12-13(7-11)23-6-5-22-12/h3-4,7,10H,2,5-6,8-9,16H2,1H3. The monoisotopic (exact) mass is 349 g/mol. The van der Waals surface area contributed by atoms with Gasteiger partial charge in [-0.15, -0.1) is 10.2 Å². The van der Waals surface area contributed by atoms with Crippen molar-refractivity contribution in [3.63, 3.8) is 0 Å². The number of thioether (sulfide) groups is 1. The fourth-order valence-corrected chi connectivity index (χ4v) is 3.07. The predicted molar refractivity (Wildman–Crippen MR) is 89.4 cm³/mol. The molecule has 128 valence electrons. The number of carbonyl (C=O) groups excluding carboxylic acids is 1. The first-order valence-electron chi connectivity index (χ1n) is 7.61. The fourth-order valence-electron chi connectivity index (χ4n) is 2.34. The lowest BCUT2D eigenvalue weighted by molar-refractivity contribution is -0.128. The normalized spacial score (nSPS) is 12.9. The molecule has 1 aromatic carbocycles. The highest BCUT2D eigenvalue weighted by Gasteiger charge is 2.17. The lowest BCUT2D eigenvalue weighted by atomic mass is 10.2. The fraction of sp³-hybridized carbons (Fsp3) is 0.400. The summed E-state index contributed by atoms with van der Waals surface area (Å²) in [6.45, 7) is 4.19. The highest BCUT2D eigenvalue weighted by molar-refractivity contribution is 7.99. The van der Waals surface area contributed by atoms with Crippen molar-refractivity contribution in [2.24, 2.45) is 0 Å². The Morgan fingerprint density at radius 3 is 2.88 bits per heavy atom. The van der Waals surface area contributed by atoms with Crippen LogP contribution in [0.3, 0.4) is 0 Å². The van der Waals surface area contributed by atoms with Crippen LogP contribution in [-0.2, 0) is 11.3 Å². The number of aromatic nitrogens is 3. The molecule has 2 N–H and O–H groups in total. The first-order chi connectivity index (χ1) is 11.7. The number of hydrogen-bond acceptors (Lipinski definition) is 7. The maximum Gasteiger partial charge on any atom is 0.233 e. The van der Waals surface area contributed by atoms with Gasteiger partial charge >= 0.3 is 0 Å². The zero-order chi connectivity index (χ0) is 16.9. The van der Waals surface area contributed by atoms with Gasteiger partial charge in [-0.1, -0.05) is 17.8 Å². The molecule has 0 fully saturated rings. The molecule has 0 spiro atoms. The molecule has 1 aliphatic heterocycles. The van der Waals surface area contributed by atoms with Crippen molar-refractivity contribution in [3.05, 3.63) is 30.1 Å². The minimum absolute atomic E-state index is 0.0142. The molecule has 0 aliphatic carbocycles. The highest BCUT2D eigenvalue weighted by atomic mass is 32.2. The molecule has 0 bridgehead atoms. The average molecular weight is 349 g/mol. The molecule has 1 aliphatic rings. The molecule has 9 heteroatoms. The summed E-state index contributed by atoms with van der Waals surface area (Å²) in [4.78, 5) is 14.2. The lowest BCUT2D eigenvalue weighted by Gasteiger charge is -2.23. The van der Waals surface area contributed by atoms with E-state index in [1.165, 1.54) is 22.8 Å². The first kappa shape index (κ1) is 16.4. The largest absolute Gasteiger partial charge is 0.486 e. The Hall–Kier alpha value is -2.42. The van der Waals surface area contributed by atoms with Gasteiger partial charge in [0.25, 0.3) is 0 Å². The molecule has 1 aromatic heterocycles. The number of nitrogens with zero attached hydrogens (tertiary/aromatic N) is 4. The Kier molecular flexibility index (Phi) is 5.09. The van der Waals surface area contributed by atoms with Crippen LogP contribution in [0.1, 0.15) is 12.5 Å². The van der Waals surface area contributed by atoms with Crippen LogP contribution in [0.25, 0.3) is 0 Å². The Bertz CT molecular complexity index is 721. The molecule has 1 amide bonds. The Morgan fingerprint density at radius 1 is 1.38 bits per heavy atom. The number of ether oxygens (including phenoxy) is 2. The zero-order valence-corrected chi connectivity index (χ0v) is 14.2. The summed E-state index contributed by atoms with van der Waals surface area (Å²) in [6.07, 6.45) is 1.40. The van der Waals surface area contributed by atoms with Crippen LogP contribution in [0, 0.1) is 0 Å². The molecule has 2 heterocycles. The van der Waals surface area contributed by atoms with Crippen molar-refractivity contribution in [2.45, 2.75) is 18.6 Å². The summed E-state index contributed by atoms with van der Waals surface area (Å²) in [7, 11) is 0. The van der Waals surface area contributed by atoms with Gasteiger partial charge in [0.1, 0.15) is 19.5 Å². The van der Waals surface area contributed by atoms with E-state index in [2.05, 4.69) is 10.2 Å². The summed E-state index contributed by atoms with van der Waals surface area (Å²) < 4.78 is 12.4. The van der Waals surface area contributed by atoms with E-state index in [1.54, 1.807) is 4.90 Å². The van der Waals surface area contributed by atoms with E-state index in [9.17, 15) is 4.79 Å². The Morgan fingerprint density at radius 2 is 2.17 bits per heavy atom. The van der Waals surface area contributed by atoms with E-state index in [1.807, 2.05) is 25.1 Å². The number of fused-ring (bicyclic) bond motifs is 1. The van der Waals surface area contributed by atoms with Gasteiger partial charge in [-0.05, 0) is 24.6 Å². The maximum absolute atomic E-state index is 12.4. The lowest BCUT2D eigenvalue weighted by Crippen LogP contribution is -2.32. The molecule has 3 rings (SSSR count). The second-order valence-corrected chi connectivity index (χ2v) is 6.14. The van der Waals surface area contributed by atoms with E-state index in [4.69, 9.17) is 15.3 Å². The Balaban J connectivity index is 1.61. The number of hydrogen-bond donors (Lipinski definition) is 1. The third-order valence-corrected chi connectivity index (χ3v) is 4.52. The molecular formula is C15H19N5O3S. The van der Waals surface area contributed by atoms with Crippen molar-refractivity contribution in [3.8, 4) is 11.5 Å². The van der Waals surface area contributed by atoms with Gasteiger partial charge in [-0.3, -0.25) is 4.79 Å². The summed E-state index contributed by atoms with van der Waals surface area (Å²) in [6, 6.07) is 5.76. The minimum atomic E-state index is 0.0142. The molecule has 0 saturated heterocycles. The second kappa shape index (κ2) is 7.43. The van der Waals surface area contributed by atoms with Crippen LogP contribution < -0.4 is 15.3 Å². The van der Waals surface area contributed by atoms with Gasteiger partial charge in [-0.25, -0.2) is 4.68 Å². The van der Waals surface area contributed by atoms with Gasteiger partial charge in [0, 0.05) is 13.1 Å². The number of nitrogen functional groups attached to an aromatic ring is 1. The molecule has 0 saturated carbocycles. The first-order valence-corrected chi connectivity index (χ1v) is 8.60. The van der Waals surface area contributed by atoms with Crippen molar-refractivity contribution in [1.82, 2.24) is 19.8 Å². The van der Waals surface area contributed by atoms with Crippen LogP contribution in [0.5, 0.6) is 11.5 Å². The molecule has 8 nitrogen and oxygen atoms in total. The Labute approximate surface area is 143 Å². The van der Waals surface area contributed by atoms with Crippen molar-refractivity contribution < 1.29 is 14.3 Å². The van der Waals surface area contributed by atoms with Gasteiger partial charge in [0.05, 0.1) is 5.75 Å². The number of benzene rings is 1. The molecule has 2 aromatic rings. The summed E-state index contributed by atoms with van der Waals surface area (Å²) >= 11 is 1.27. The topological polar surface area (TPSA) is 95.5 Å². The smallest absolute Gasteiger partial charge is 0.233 e. The van der Waals surface area contributed by atoms with Gasteiger partial charge in [0.15, 0.2) is 11.5 Å². The number of carbonyl (C=O) groups is 1. The van der Waals surface area contributed by atoms with Crippen LogP contribution >= 0.6 is 11.8 Å². The van der Waals surface area contributed by atoms with Crippen molar-refractivity contribution >= 4 is 17.7 Å². The van der Waals surface area contributed by atoms with Crippen molar-refractivity contribution in [1.29, 1.82) is 0 Å². The molecule has 24 heavy (non-hydrogen) atoms. The molecule has 0 unspecified atom stereocenters. The minimum Gasteiger partial charge on any atom is -0.486 e. The van der Waals surface area contributed by atoms with Gasteiger partial charge < -0.3 is 20.2 Å². The predicted octanol–water partition coefficient (Wildman–Crippen LogP) is 0.904. The molecular weight excluding hydrogens is 330 g/mol. The SMILES string of the molecule is CCN(Cc1ccc2c(c1)OCCO2)C(=O)CSc1nncn1N. The zero-order valence-electron chi connectivity index (χ0n) is 13.3. The highest BCUT2D eigenvalue weighted by Crippen LogP contribution is 2.31. The summed E-state index contributed by atoms with van der Waals surface area (Å²) in [5.74, 6) is 7.39. The van der Waals surface area contributed by atoms with E-state index in [0.29, 0.717) is 31.5 Å².